The molecule has 9 heteroatoms. The van der Waals surface area contributed by atoms with Crippen molar-refractivity contribution in [3.05, 3.63) is 82.9 Å². The second-order valence-electron chi connectivity index (χ2n) is 7.12. The van der Waals surface area contributed by atoms with E-state index in [4.69, 9.17) is 21.1 Å². The molecule has 1 amide bonds. The maximum absolute atomic E-state index is 13.0. The monoisotopic (exact) mass is 488 g/mol. The molecule has 0 bridgehead atoms. The van der Waals surface area contributed by atoms with Crippen LogP contribution in [0.2, 0.25) is 5.02 Å². The Balaban J connectivity index is 1.82. The van der Waals surface area contributed by atoms with Crippen molar-refractivity contribution in [1.29, 1.82) is 0 Å². The van der Waals surface area contributed by atoms with E-state index in [1.165, 1.54) is 25.3 Å². The fraction of sp³-hybridized carbons (Fsp3) is 0.208. The van der Waals surface area contributed by atoms with Gasteiger partial charge < -0.3 is 14.8 Å². The number of methoxy groups -OCH3 is 1. The van der Waals surface area contributed by atoms with E-state index in [0.717, 1.165) is 12.0 Å². The largest absolute Gasteiger partial charge is 0.495 e. The summed E-state index contributed by atoms with van der Waals surface area (Å²) in [7, 11) is -2.60. The Morgan fingerprint density at radius 3 is 2.42 bits per heavy atom. The van der Waals surface area contributed by atoms with Crippen LogP contribution in [0, 0.1) is 0 Å². The Kier molecular flexibility index (Phi) is 8.32. The van der Waals surface area contributed by atoms with Crippen LogP contribution in [0.25, 0.3) is 0 Å². The molecule has 0 saturated heterocycles. The molecule has 0 unspecified atom stereocenters. The van der Waals surface area contributed by atoms with E-state index < -0.39 is 15.9 Å². The van der Waals surface area contributed by atoms with Crippen LogP contribution in [0.15, 0.2) is 71.6 Å². The van der Waals surface area contributed by atoms with Gasteiger partial charge in [0.1, 0.15) is 16.4 Å². The number of carbonyl (C=O) groups excluding carboxylic acids is 1. The number of carbonyl (C=O) groups is 1. The first-order valence-corrected chi connectivity index (χ1v) is 12.2. The summed E-state index contributed by atoms with van der Waals surface area (Å²) in [6, 6.07) is 18.1. The SMILES string of the molecule is CCCOc1ccccc1NC(=O)c1ccc(OC)c(S(=O)(=O)NCc2ccc(Cl)cc2)c1. The summed E-state index contributed by atoms with van der Waals surface area (Å²) in [5.74, 6) is 0.194. The van der Waals surface area contributed by atoms with E-state index in [1.807, 2.05) is 13.0 Å². The molecule has 2 N–H and O–H groups in total. The highest BCUT2D eigenvalue weighted by molar-refractivity contribution is 7.89. The molecule has 0 aromatic heterocycles. The van der Waals surface area contributed by atoms with Crippen molar-refractivity contribution < 1.29 is 22.7 Å². The summed E-state index contributed by atoms with van der Waals surface area (Å²) < 4.78 is 39.4. The molecule has 0 radical (unpaired) electrons. The summed E-state index contributed by atoms with van der Waals surface area (Å²) in [6.07, 6.45) is 0.824. The molecule has 33 heavy (non-hydrogen) atoms. The zero-order chi connectivity index (χ0) is 23.8. The van der Waals surface area contributed by atoms with Crippen LogP contribution in [-0.4, -0.2) is 28.0 Å². The zero-order valence-corrected chi connectivity index (χ0v) is 19.9. The van der Waals surface area contributed by atoms with Gasteiger partial charge in [-0.25, -0.2) is 13.1 Å². The van der Waals surface area contributed by atoms with Crippen molar-refractivity contribution in [3.8, 4) is 11.5 Å². The lowest BCUT2D eigenvalue weighted by atomic mass is 10.2. The van der Waals surface area contributed by atoms with Crippen LogP contribution in [-0.2, 0) is 16.6 Å². The van der Waals surface area contributed by atoms with Gasteiger partial charge in [-0.05, 0) is 54.4 Å². The fourth-order valence-electron chi connectivity index (χ4n) is 2.99. The molecule has 0 spiro atoms. The number of ether oxygens (including phenoxy) is 2. The van der Waals surface area contributed by atoms with E-state index >= 15 is 0 Å². The summed E-state index contributed by atoms with van der Waals surface area (Å²) in [5, 5.41) is 3.34. The van der Waals surface area contributed by atoms with Crippen molar-refractivity contribution in [1.82, 2.24) is 4.72 Å². The van der Waals surface area contributed by atoms with Crippen molar-refractivity contribution in [2.45, 2.75) is 24.8 Å². The molecule has 0 aliphatic carbocycles. The normalized spacial score (nSPS) is 11.1. The van der Waals surface area contributed by atoms with Gasteiger partial charge in [0.15, 0.2) is 0 Å². The van der Waals surface area contributed by atoms with Crippen LogP contribution in [0.1, 0.15) is 29.3 Å². The highest BCUT2D eigenvalue weighted by Gasteiger charge is 2.22. The van der Waals surface area contributed by atoms with Gasteiger partial charge in [-0.1, -0.05) is 42.8 Å². The lowest BCUT2D eigenvalue weighted by molar-refractivity contribution is 0.102. The van der Waals surface area contributed by atoms with Crippen LogP contribution in [0.5, 0.6) is 11.5 Å². The molecule has 0 aliphatic rings. The fourth-order valence-corrected chi connectivity index (χ4v) is 4.33. The van der Waals surface area contributed by atoms with Crippen LogP contribution >= 0.6 is 11.6 Å². The minimum absolute atomic E-state index is 0.0568. The summed E-state index contributed by atoms with van der Waals surface area (Å²) in [4.78, 5) is 12.8. The zero-order valence-electron chi connectivity index (χ0n) is 18.3. The third kappa shape index (κ3) is 6.47. The van der Waals surface area contributed by atoms with Gasteiger partial charge in [0.2, 0.25) is 10.0 Å². The van der Waals surface area contributed by atoms with E-state index in [0.29, 0.717) is 23.1 Å². The molecular formula is C24H25ClN2O5S. The van der Waals surface area contributed by atoms with E-state index in [1.54, 1.807) is 42.5 Å². The first-order valence-electron chi connectivity index (χ1n) is 10.3. The molecule has 3 rings (SSSR count). The number of benzene rings is 3. The molecule has 0 aliphatic heterocycles. The topological polar surface area (TPSA) is 93.7 Å². The number of halogens is 1. The molecule has 0 atom stereocenters. The smallest absolute Gasteiger partial charge is 0.255 e. The quantitative estimate of drug-likeness (QED) is 0.424. The van der Waals surface area contributed by atoms with Crippen LogP contribution in [0.3, 0.4) is 0 Å². The summed E-state index contributed by atoms with van der Waals surface area (Å²) in [6.45, 7) is 2.56. The molecule has 3 aromatic carbocycles. The van der Waals surface area contributed by atoms with E-state index in [-0.39, 0.29) is 22.8 Å². The second kappa shape index (κ2) is 11.2. The number of nitrogens with one attached hydrogen (secondary N) is 2. The number of hydrogen-bond acceptors (Lipinski definition) is 5. The Bertz CT molecular complexity index is 1210. The van der Waals surface area contributed by atoms with Crippen molar-refractivity contribution in [2.24, 2.45) is 0 Å². The lowest BCUT2D eigenvalue weighted by Gasteiger charge is -2.14. The van der Waals surface area contributed by atoms with Crippen LogP contribution < -0.4 is 19.5 Å². The predicted molar refractivity (Wildman–Crippen MR) is 129 cm³/mol. The summed E-state index contributed by atoms with van der Waals surface area (Å²) in [5.41, 5.74) is 1.39. The number of amides is 1. The molecule has 7 nitrogen and oxygen atoms in total. The minimum atomic E-state index is -3.97. The van der Waals surface area contributed by atoms with Gasteiger partial charge in [0.05, 0.1) is 19.4 Å². The number of para-hydroxylation sites is 2. The first-order chi connectivity index (χ1) is 15.8. The lowest BCUT2D eigenvalue weighted by Crippen LogP contribution is -2.24. The molecule has 0 saturated carbocycles. The number of sulfonamides is 1. The number of anilines is 1. The molecular weight excluding hydrogens is 464 g/mol. The van der Waals surface area contributed by atoms with Crippen molar-refractivity contribution >= 4 is 33.2 Å². The number of hydrogen-bond donors (Lipinski definition) is 2. The Labute approximate surface area is 198 Å². The van der Waals surface area contributed by atoms with Crippen LogP contribution in [0.4, 0.5) is 5.69 Å². The highest BCUT2D eigenvalue weighted by Crippen LogP contribution is 2.28. The van der Waals surface area contributed by atoms with Gasteiger partial charge in [-0.15, -0.1) is 0 Å². The first kappa shape index (κ1) is 24.6. The van der Waals surface area contributed by atoms with E-state index in [2.05, 4.69) is 10.0 Å². The third-order valence-electron chi connectivity index (χ3n) is 4.69. The van der Waals surface area contributed by atoms with Crippen molar-refractivity contribution in [2.75, 3.05) is 19.0 Å². The molecule has 0 heterocycles. The van der Waals surface area contributed by atoms with Gasteiger partial charge in [0, 0.05) is 17.1 Å². The maximum atomic E-state index is 13.0. The van der Waals surface area contributed by atoms with Gasteiger partial charge in [-0.2, -0.15) is 0 Å². The van der Waals surface area contributed by atoms with E-state index in [9.17, 15) is 13.2 Å². The maximum Gasteiger partial charge on any atom is 0.255 e. The highest BCUT2D eigenvalue weighted by atomic mass is 35.5. The molecule has 174 valence electrons. The standard InChI is InChI=1S/C24H25ClN2O5S/c1-3-14-32-21-7-5-4-6-20(21)27-24(28)18-10-13-22(31-2)23(15-18)33(29,30)26-16-17-8-11-19(25)12-9-17/h4-13,15,26H,3,14,16H2,1-2H3,(H,27,28). The second-order valence-corrected chi connectivity index (χ2v) is 9.29. The number of rotatable bonds is 10. The molecule has 0 fully saturated rings. The Hall–Kier alpha value is -3.07. The van der Waals surface area contributed by atoms with Crippen molar-refractivity contribution in [3.63, 3.8) is 0 Å². The predicted octanol–water partition coefficient (Wildman–Crippen LogP) is 4.87. The Morgan fingerprint density at radius 1 is 1.00 bits per heavy atom. The molecule has 3 aromatic rings. The third-order valence-corrected chi connectivity index (χ3v) is 6.37. The summed E-state index contributed by atoms with van der Waals surface area (Å²) >= 11 is 5.88. The average Bonchev–Trinajstić information content (AvgIpc) is 2.82. The van der Waals surface area contributed by atoms with Gasteiger partial charge in [-0.3, -0.25) is 4.79 Å². The van der Waals surface area contributed by atoms with Gasteiger partial charge in [0.25, 0.3) is 5.91 Å². The minimum Gasteiger partial charge on any atom is -0.495 e. The average molecular weight is 489 g/mol. The van der Waals surface area contributed by atoms with Gasteiger partial charge >= 0.3 is 0 Å². The Morgan fingerprint density at radius 2 is 1.73 bits per heavy atom.